The van der Waals surface area contributed by atoms with E-state index in [9.17, 15) is 9.18 Å². The largest absolute Gasteiger partial charge is 0.497 e. The van der Waals surface area contributed by atoms with Gasteiger partial charge in [-0.2, -0.15) is 0 Å². The van der Waals surface area contributed by atoms with Gasteiger partial charge in [-0.3, -0.25) is 9.36 Å². The van der Waals surface area contributed by atoms with Crippen LogP contribution in [0.25, 0.3) is 17.1 Å². The molecule has 0 saturated heterocycles. The lowest BCUT2D eigenvalue weighted by Crippen LogP contribution is -2.31. The van der Waals surface area contributed by atoms with Crippen molar-refractivity contribution in [1.82, 2.24) is 20.1 Å². The third-order valence-electron chi connectivity index (χ3n) is 5.63. The summed E-state index contributed by atoms with van der Waals surface area (Å²) >= 11 is 1.45. The molecule has 0 fully saturated rings. The number of methoxy groups -OCH3 is 1. The summed E-state index contributed by atoms with van der Waals surface area (Å²) < 4.78 is 21.9. The minimum absolute atomic E-state index is 0.0826. The van der Waals surface area contributed by atoms with Crippen molar-refractivity contribution in [3.05, 3.63) is 89.7 Å². The van der Waals surface area contributed by atoms with Crippen LogP contribution in [0.5, 0.6) is 5.75 Å². The molecule has 35 heavy (non-hydrogen) atoms. The van der Waals surface area contributed by atoms with E-state index in [1.165, 1.54) is 17.8 Å². The summed E-state index contributed by atoms with van der Waals surface area (Å²) in [6, 6.07) is 21.6. The Morgan fingerprint density at radius 1 is 1.09 bits per heavy atom. The van der Waals surface area contributed by atoms with Crippen molar-refractivity contribution in [2.45, 2.75) is 37.2 Å². The smallest absolute Gasteiger partial charge is 0.251 e. The van der Waals surface area contributed by atoms with Gasteiger partial charge in [-0.25, -0.2) is 4.39 Å². The Bertz CT molecular complexity index is 1310. The highest BCUT2D eigenvalue weighted by Gasteiger charge is 2.19. The number of nitrogens with one attached hydrogen (secondary N) is 1. The van der Waals surface area contributed by atoms with E-state index in [-0.39, 0.29) is 17.8 Å². The topological polar surface area (TPSA) is 69.0 Å². The number of para-hydroxylation sites is 1. The molecule has 1 N–H and O–H groups in total. The second-order valence-electron chi connectivity index (χ2n) is 8.09. The predicted molar refractivity (Wildman–Crippen MR) is 137 cm³/mol. The first kappa shape index (κ1) is 24.5. The fraction of sp³-hybridized carbons (Fsp3) is 0.222. The van der Waals surface area contributed by atoms with Gasteiger partial charge < -0.3 is 10.1 Å². The van der Waals surface area contributed by atoms with E-state index in [4.69, 9.17) is 4.74 Å². The van der Waals surface area contributed by atoms with Gasteiger partial charge in [0, 0.05) is 22.9 Å². The minimum Gasteiger partial charge on any atom is -0.497 e. The van der Waals surface area contributed by atoms with Gasteiger partial charge in [0.1, 0.15) is 11.6 Å². The summed E-state index contributed by atoms with van der Waals surface area (Å²) in [5.74, 6) is 1.33. The molecule has 4 rings (SSSR count). The number of carbonyl (C=O) groups is 1. The Kier molecular flexibility index (Phi) is 7.82. The third-order valence-corrected chi connectivity index (χ3v) is 6.63. The van der Waals surface area contributed by atoms with Gasteiger partial charge >= 0.3 is 0 Å². The van der Waals surface area contributed by atoms with Crippen LogP contribution in [0.4, 0.5) is 4.39 Å². The van der Waals surface area contributed by atoms with Crippen LogP contribution in [0.1, 0.15) is 36.2 Å². The first-order chi connectivity index (χ1) is 17.0. The van der Waals surface area contributed by atoms with E-state index in [0.29, 0.717) is 33.7 Å². The van der Waals surface area contributed by atoms with Crippen LogP contribution in [0, 0.1) is 5.82 Å². The fourth-order valence-electron chi connectivity index (χ4n) is 3.47. The molecular formula is C27H27FN4O2S. The molecule has 6 nitrogen and oxygen atoms in total. The molecule has 1 atom stereocenters. The highest BCUT2D eigenvalue weighted by atomic mass is 32.2. The van der Waals surface area contributed by atoms with Crippen molar-refractivity contribution >= 4 is 17.7 Å². The predicted octanol–water partition coefficient (Wildman–Crippen LogP) is 5.90. The molecule has 0 aliphatic heterocycles. The first-order valence-corrected chi connectivity index (χ1v) is 12.4. The number of halogens is 1. The van der Waals surface area contributed by atoms with Crippen LogP contribution in [0.2, 0.25) is 0 Å². The zero-order chi connectivity index (χ0) is 24.8. The van der Waals surface area contributed by atoms with Gasteiger partial charge in [-0.05, 0) is 55.3 Å². The van der Waals surface area contributed by atoms with E-state index in [1.54, 1.807) is 29.9 Å². The Hall–Kier alpha value is -3.65. The van der Waals surface area contributed by atoms with E-state index in [2.05, 4.69) is 15.5 Å². The molecule has 4 aromatic rings. The molecule has 3 aromatic carbocycles. The van der Waals surface area contributed by atoms with E-state index in [1.807, 2.05) is 62.4 Å². The fourth-order valence-corrected chi connectivity index (χ4v) is 4.37. The van der Waals surface area contributed by atoms with Crippen LogP contribution >= 0.6 is 11.8 Å². The van der Waals surface area contributed by atoms with Gasteiger partial charge in [0.2, 0.25) is 0 Å². The minimum atomic E-state index is -0.366. The number of amides is 1. The van der Waals surface area contributed by atoms with Crippen LogP contribution in [-0.4, -0.2) is 33.8 Å². The van der Waals surface area contributed by atoms with Crippen molar-refractivity contribution in [3.8, 4) is 22.8 Å². The normalized spacial score (nSPS) is 11.8. The first-order valence-electron chi connectivity index (χ1n) is 11.4. The molecule has 0 spiro atoms. The number of aromatic nitrogens is 3. The van der Waals surface area contributed by atoms with Crippen molar-refractivity contribution in [1.29, 1.82) is 0 Å². The summed E-state index contributed by atoms with van der Waals surface area (Å²) in [5.41, 5.74) is 2.77. The highest BCUT2D eigenvalue weighted by molar-refractivity contribution is 7.98. The summed E-state index contributed by atoms with van der Waals surface area (Å²) in [4.78, 5) is 12.3. The molecule has 0 aliphatic rings. The maximum atomic E-state index is 14.8. The van der Waals surface area contributed by atoms with Gasteiger partial charge in [-0.1, -0.05) is 55.1 Å². The molecular weight excluding hydrogens is 463 g/mol. The summed E-state index contributed by atoms with van der Waals surface area (Å²) in [6.07, 6.45) is 0.876. The van der Waals surface area contributed by atoms with E-state index in [0.717, 1.165) is 17.5 Å². The molecule has 8 heteroatoms. The van der Waals surface area contributed by atoms with Gasteiger partial charge in [-0.15, -0.1) is 10.2 Å². The maximum absolute atomic E-state index is 14.8. The Labute approximate surface area is 208 Å². The molecule has 0 unspecified atom stereocenters. The van der Waals surface area contributed by atoms with Crippen molar-refractivity contribution < 1.29 is 13.9 Å². The maximum Gasteiger partial charge on any atom is 0.251 e. The van der Waals surface area contributed by atoms with Gasteiger partial charge in [0.25, 0.3) is 5.91 Å². The lowest BCUT2D eigenvalue weighted by Gasteiger charge is -2.12. The molecule has 1 amide bonds. The van der Waals surface area contributed by atoms with Crippen molar-refractivity contribution in [3.63, 3.8) is 0 Å². The SMILES string of the molecule is CC[C@@H](C)NC(=O)c1ccc(CSc2nnc(-c3cccc(OC)c3)n2-c2ccccc2F)cc1. The second-order valence-corrected chi connectivity index (χ2v) is 9.04. The monoisotopic (exact) mass is 490 g/mol. The molecule has 0 bridgehead atoms. The number of thioether (sulfide) groups is 1. The summed E-state index contributed by atoms with van der Waals surface area (Å²) in [7, 11) is 1.60. The lowest BCUT2D eigenvalue weighted by molar-refractivity contribution is 0.0939. The summed E-state index contributed by atoms with van der Waals surface area (Å²) in [5, 5.41) is 12.3. The number of hydrogen-bond acceptors (Lipinski definition) is 5. The Balaban J connectivity index is 1.60. The molecule has 1 heterocycles. The summed E-state index contributed by atoms with van der Waals surface area (Å²) in [6.45, 7) is 4.01. The van der Waals surface area contributed by atoms with E-state index >= 15 is 0 Å². The van der Waals surface area contributed by atoms with Crippen LogP contribution in [0.15, 0.2) is 78.0 Å². The zero-order valence-corrected chi connectivity index (χ0v) is 20.7. The highest BCUT2D eigenvalue weighted by Crippen LogP contribution is 2.32. The number of ether oxygens (including phenoxy) is 1. The quantitative estimate of drug-likeness (QED) is 0.296. The standard InChI is InChI=1S/C27H27FN4O2S/c1-4-18(2)29-26(33)20-14-12-19(13-15-20)17-35-27-31-30-25(21-8-7-9-22(16-21)34-3)32(27)24-11-6-5-10-23(24)28/h5-16,18H,4,17H2,1-3H3,(H,29,33)/t18-/m1/s1. The van der Waals surface area contributed by atoms with Crippen LogP contribution in [-0.2, 0) is 5.75 Å². The second kappa shape index (κ2) is 11.2. The van der Waals surface area contributed by atoms with Gasteiger partial charge in [0.05, 0.1) is 12.8 Å². The number of carbonyl (C=O) groups excluding carboxylic acids is 1. The molecule has 0 radical (unpaired) electrons. The molecule has 1 aromatic heterocycles. The molecule has 0 aliphatic carbocycles. The Morgan fingerprint density at radius 2 is 1.86 bits per heavy atom. The third kappa shape index (κ3) is 5.71. The average molecular weight is 491 g/mol. The number of nitrogens with zero attached hydrogens (tertiary/aromatic N) is 3. The zero-order valence-electron chi connectivity index (χ0n) is 19.9. The molecule has 180 valence electrons. The van der Waals surface area contributed by atoms with E-state index < -0.39 is 0 Å². The molecule has 0 saturated carbocycles. The van der Waals surface area contributed by atoms with Crippen LogP contribution in [0.3, 0.4) is 0 Å². The average Bonchev–Trinajstić information content (AvgIpc) is 3.31. The lowest BCUT2D eigenvalue weighted by atomic mass is 10.1. The number of benzene rings is 3. The van der Waals surface area contributed by atoms with Crippen molar-refractivity contribution in [2.24, 2.45) is 0 Å². The van der Waals surface area contributed by atoms with Crippen molar-refractivity contribution in [2.75, 3.05) is 7.11 Å². The van der Waals surface area contributed by atoms with Crippen LogP contribution < -0.4 is 10.1 Å². The number of rotatable bonds is 9. The Morgan fingerprint density at radius 3 is 2.57 bits per heavy atom. The van der Waals surface area contributed by atoms with Gasteiger partial charge in [0.15, 0.2) is 11.0 Å². The number of hydrogen-bond donors (Lipinski definition) is 1.